The van der Waals surface area contributed by atoms with E-state index in [1.54, 1.807) is 23.0 Å². The van der Waals surface area contributed by atoms with E-state index < -0.39 is 12.1 Å². The number of esters is 1. The molecule has 1 atom stereocenters. The lowest BCUT2D eigenvalue weighted by Gasteiger charge is -2.10. The number of carbonyl (C=O) groups excluding carboxylic acids is 2. The van der Waals surface area contributed by atoms with Gasteiger partial charge in [-0.1, -0.05) is 18.2 Å². The van der Waals surface area contributed by atoms with Crippen LogP contribution >= 0.6 is 0 Å². The molecular weight excluding hydrogens is 347 g/mol. The van der Waals surface area contributed by atoms with Gasteiger partial charge in [-0.15, -0.1) is 0 Å². The second kappa shape index (κ2) is 7.15. The molecule has 1 aromatic heterocycles. The first kappa shape index (κ1) is 17.1. The van der Waals surface area contributed by atoms with Crippen LogP contribution in [-0.2, 0) is 9.53 Å². The van der Waals surface area contributed by atoms with E-state index >= 15 is 0 Å². The minimum absolute atomic E-state index is 0.0536. The molecule has 1 aliphatic rings. The Morgan fingerprint density at radius 1 is 1.11 bits per heavy atom. The fraction of sp³-hybridized carbons (Fsp3) is 0.190. The maximum absolute atomic E-state index is 13.3. The van der Waals surface area contributed by atoms with Crippen LogP contribution in [-0.4, -0.2) is 27.6 Å². The van der Waals surface area contributed by atoms with Gasteiger partial charge in [-0.05, 0) is 49.2 Å². The Bertz CT molecular complexity index is 980. The van der Waals surface area contributed by atoms with E-state index in [9.17, 15) is 14.0 Å². The van der Waals surface area contributed by atoms with E-state index in [4.69, 9.17) is 4.74 Å². The first-order chi connectivity index (χ1) is 13.1. The molecule has 2 aromatic carbocycles. The summed E-state index contributed by atoms with van der Waals surface area (Å²) >= 11 is 0. The third-order valence-corrected chi connectivity index (χ3v) is 4.57. The van der Waals surface area contributed by atoms with E-state index in [-0.39, 0.29) is 17.2 Å². The molecule has 27 heavy (non-hydrogen) atoms. The molecule has 6 heteroatoms. The van der Waals surface area contributed by atoms with Crippen LogP contribution in [0.15, 0.2) is 60.8 Å². The largest absolute Gasteiger partial charge is 0.451 e. The van der Waals surface area contributed by atoms with Crippen molar-refractivity contribution in [1.29, 1.82) is 0 Å². The maximum atomic E-state index is 13.3. The van der Waals surface area contributed by atoms with Gasteiger partial charge in [-0.3, -0.25) is 4.79 Å². The number of hydrogen-bond donors (Lipinski definition) is 0. The first-order valence-corrected chi connectivity index (χ1v) is 8.76. The number of hydrogen-bond acceptors (Lipinski definition) is 4. The number of rotatable bonds is 4. The van der Waals surface area contributed by atoms with Gasteiger partial charge < -0.3 is 4.74 Å². The Balaban J connectivity index is 1.73. The number of halogens is 1. The van der Waals surface area contributed by atoms with Crippen LogP contribution in [0.2, 0.25) is 0 Å². The second-order valence-electron chi connectivity index (χ2n) is 6.43. The molecule has 0 amide bonds. The number of benzene rings is 2. The standard InChI is InChI=1S/C21H17FN2O3/c22-15-11-9-14(10-12-15)20-17(21(26)27-19-8-4-7-18(19)25)13-24(23-20)16-5-2-1-3-6-16/h1-3,5-6,9-13,19H,4,7-8H2. The molecule has 1 saturated carbocycles. The van der Waals surface area contributed by atoms with Crippen molar-refractivity contribution < 1.29 is 18.7 Å². The topological polar surface area (TPSA) is 61.2 Å². The molecule has 4 rings (SSSR count). The van der Waals surface area contributed by atoms with Crippen LogP contribution in [0, 0.1) is 5.82 Å². The average Bonchev–Trinajstić information content (AvgIpc) is 3.30. The molecule has 5 nitrogen and oxygen atoms in total. The van der Waals surface area contributed by atoms with Crippen LogP contribution in [0.3, 0.4) is 0 Å². The van der Waals surface area contributed by atoms with Crippen LogP contribution in [0.25, 0.3) is 16.9 Å². The Hall–Kier alpha value is -3.28. The highest BCUT2D eigenvalue weighted by Gasteiger charge is 2.30. The zero-order valence-corrected chi connectivity index (χ0v) is 14.5. The van der Waals surface area contributed by atoms with Gasteiger partial charge in [0.15, 0.2) is 11.9 Å². The van der Waals surface area contributed by atoms with Crippen molar-refractivity contribution in [1.82, 2.24) is 9.78 Å². The van der Waals surface area contributed by atoms with Crippen LogP contribution < -0.4 is 0 Å². The average molecular weight is 364 g/mol. The first-order valence-electron chi connectivity index (χ1n) is 8.76. The summed E-state index contributed by atoms with van der Waals surface area (Å²) in [4.78, 5) is 24.6. The molecular formula is C21H17FN2O3. The summed E-state index contributed by atoms with van der Waals surface area (Å²) in [5.41, 5.74) is 1.99. The van der Waals surface area contributed by atoms with Gasteiger partial charge >= 0.3 is 5.97 Å². The molecule has 136 valence electrons. The van der Waals surface area contributed by atoms with E-state index in [1.165, 1.54) is 12.1 Å². The molecule has 0 aliphatic heterocycles. The fourth-order valence-corrected chi connectivity index (χ4v) is 3.16. The number of para-hydroxylation sites is 1. The molecule has 3 aromatic rings. The van der Waals surface area contributed by atoms with Crippen molar-refractivity contribution in [3.05, 3.63) is 72.2 Å². The zero-order chi connectivity index (χ0) is 18.8. The minimum Gasteiger partial charge on any atom is -0.451 e. The quantitative estimate of drug-likeness (QED) is 0.658. The van der Waals surface area contributed by atoms with Crippen molar-refractivity contribution >= 4 is 11.8 Å². The van der Waals surface area contributed by atoms with Crippen LogP contribution in [0.4, 0.5) is 4.39 Å². The molecule has 1 heterocycles. The lowest BCUT2D eigenvalue weighted by molar-refractivity contribution is -0.124. The minimum atomic E-state index is -0.696. The number of nitrogens with zero attached hydrogens (tertiary/aromatic N) is 2. The van der Waals surface area contributed by atoms with E-state index in [0.29, 0.717) is 24.1 Å². The zero-order valence-electron chi connectivity index (χ0n) is 14.5. The molecule has 0 saturated heterocycles. The summed E-state index contributed by atoms with van der Waals surface area (Å²) in [5.74, 6) is -1.03. The van der Waals surface area contributed by atoms with E-state index in [2.05, 4.69) is 5.10 Å². The van der Waals surface area contributed by atoms with Gasteiger partial charge in [0, 0.05) is 18.2 Å². The number of ether oxygens (including phenoxy) is 1. The van der Waals surface area contributed by atoms with Gasteiger partial charge in [0.2, 0.25) is 0 Å². The van der Waals surface area contributed by atoms with Crippen molar-refractivity contribution in [2.24, 2.45) is 0 Å². The number of Topliss-reactive ketones (excluding diaryl/α,β-unsaturated/α-hetero) is 1. The third kappa shape index (κ3) is 3.51. The Labute approximate surface area is 155 Å². The summed E-state index contributed by atoms with van der Waals surface area (Å²) in [6.07, 6.45) is 2.59. The summed E-state index contributed by atoms with van der Waals surface area (Å²) in [7, 11) is 0. The van der Waals surface area contributed by atoms with Gasteiger partial charge in [0.05, 0.1) is 5.69 Å². The molecule has 0 radical (unpaired) electrons. The van der Waals surface area contributed by atoms with Gasteiger partial charge in [0.1, 0.15) is 17.1 Å². The highest BCUT2D eigenvalue weighted by Crippen LogP contribution is 2.26. The van der Waals surface area contributed by atoms with Gasteiger partial charge in [-0.25, -0.2) is 13.9 Å². The predicted molar refractivity (Wildman–Crippen MR) is 97.0 cm³/mol. The van der Waals surface area contributed by atoms with Gasteiger partial charge in [-0.2, -0.15) is 5.10 Å². The highest BCUT2D eigenvalue weighted by atomic mass is 19.1. The number of ketones is 1. The van der Waals surface area contributed by atoms with Crippen molar-refractivity contribution in [3.63, 3.8) is 0 Å². The summed E-state index contributed by atoms with van der Waals surface area (Å²) in [6.45, 7) is 0. The van der Waals surface area contributed by atoms with Crippen molar-refractivity contribution in [2.75, 3.05) is 0 Å². The fourth-order valence-electron chi connectivity index (χ4n) is 3.16. The van der Waals surface area contributed by atoms with Crippen molar-refractivity contribution in [3.8, 4) is 16.9 Å². The Morgan fingerprint density at radius 2 is 1.85 bits per heavy atom. The maximum Gasteiger partial charge on any atom is 0.342 e. The summed E-state index contributed by atoms with van der Waals surface area (Å²) < 4.78 is 20.3. The third-order valence-electron chi connectivity index (χ3n) is 4.57. The summed E-state index contributed by atoms with van der Waals surface area (Å²) in [6, 6.07) is 15.1. The number of aromatic nitrogens is 2. The predicted octanol–water partition coefficient (Wildman–Crippen LogP) is 3.96. The highest BCUT2D eigenvalue weighted by molar-refractivity contribution is 5.98. The molecule has 1 fully saturated rings. The summed E-state index contributed by atoms with van der Waals surface area (Å²) in [5, 5.41) is 4.50. The molecule has 0 N–H and O–H groups in total. The number of carbonyl (C=O) groups is 2. The van der Waals surface area contributed by atoms with E-state index in [1.807, 2.05) is 30.3 Å². The molecule has 0 spiro atoms. The van der Waals surface area contributed by atoms with Gasteiger partial charge in [0.25, 0.3) is 0 Å². The lowest BCUT2D eigenvalue weighted by Crippen LogP contribution is -2.22. The lowest BCUT2D eigenvalue weighted by atomic mass is 10.1. The monoisotopic (exact) mass is 364 g/mol. The van der Waals surface area contributed by atoms with E-state index in [0.717, 1.165) is 12.1 Å². The second-order valence-corrected chi connectivity index (χ2v) is 6.43. The van der Waals surface area contributed by atoms with Crippen LogP contribution in [0.1, 0.15) is 29.6 Å². The smallest absolute Gasteiger partial charge is 0.342 e. The Morgan fingerprint density at radius 3 is 2.52 bits per heavy atom. The Kier molecular flexibility index (Phi) is 4.54. The SMILES string of the molecule is O=C(OC1CCCC1=O)c1cn(-c2ccccc2)nc1-c1ccc(F)cc1. The van der Waals surface area contributed by atoms with Crippen LogP contribution in [0.5, 0.6) is 0 Å². The normalized spacial score (nSPS) is 16.5. The molecule has 1 aliphatic carbocycles. The molecule has 1 unspecified atom stereocenters. The van der Waals surface area contributed by atoms with Crippen molar-refractivity contribution in [2.45, 2.75) is 25.4 Å². The molecule has 0 bridgehead atoms.